The van der Waals surface area contributed by atoms with Crippen LogP contribution >= 0.6 is 11.8 Å². The van der Waals surface area contributed by atoms with Crippen molar-refractivity contribution >= 4 is 34.5 Å². The van der Waals surface area contributed by atoms with Crippen LogP contribution in [0.1, 0.15) is 6.92 Å². The molecule has 0 saturated carbocycles. The van der Waals surface area contributed by atoms with E-state index >= 15 is 0 Å². The predicted octanol–water partition coefficient (Wildman–Crippen LogP) is 0.538. The van der Waals surface area contributed by atoms with Crippen LogP contribution in [0, 0.1) is 0 Å². The Hall–Kier alpha value is -1.91. The Bertz CT molecular complexity index is 747. The molecule has 0 aromatic carbocycles. The van der Waals surface area contributed by atoms with Gasteiger partial charge in [0.2, 0.25) is 5.91 Å². The van der Waals surface area contributed by atoms with Gasteiger partial charge in [0.1, 0.15) is 12.4 Å². The van der Waals surface area contributed by atoms with Crippen LogP contribution in [0.2, 0.25) is 0 Å². The van der Waals surface area contributed by atoms with E-state index in [2.05, 4.69) is 27.2 Å². The Labute approximate surface area is 156 Å². The van der Waals surface area contributed by atoms with Crippen LogP contribution in [0.15, 0.2) is 11.4 Å². The van der Waals surface area contributed by atoms with Gasteiger partial charge in [-0.05, 0) is 5.75 Å². The molecule has 1 N–H and O–H groups in total. The first kappa shape index (κ1) is 18.9. The fraction of sp³-hybridized carbons (Fsp3) is 0.625. The first-order valence-electron chi connectivity index (χ1n) is 8.67. The smallest absolute Gasteiger partial charge is 0.246 e. The molecule has 3 rings (SSSR count). The summed E-state index contributed by atoms with van der Waals surface area (Å²) in [5.74, 6) is 1.66. The molecule has 26 heavy (non-hydrogen) atoms. The summed E-state index contributed by atoms with van der Waals surface area (Å²) in [6.45, 7) is 6.14. The van der Waals surface area contributed by atoms with Gasteiger partial charge in [-0.15, -0.1) is 0 Å². The fourth-order valence-corrected chi connectivity index (χ4v) is 3.34. The van der Waals surface area contributed by atoms with Crippen LogP contribution < -0.4 is 10.2 Å². The van der Waals surface area contributed by atoms with Crippen molar-refractivity contribution in [3.63, 3.8) is 0 Å². The van der Waals surface area contributed by atoms with E-state index in [0.29, 0.717) is 26.3 Å². The van der Waals surface area contributed by atoms with Gasteiger partial charge in [0.25, 0.3) is 0 Å². The number of hydrogen-bond donors (Lipinski definition) is 1. The molecule has 142 valence electrons. The summed E-state index contributed by atoms with van der Waals surface area (Å²) < 4.78 is 12.1. The summed E-state index contributed by atoms with van der Waals surface area (Å²) in [5, 5.41) is 8.93. The van der Waals surface area contributed by atoms with E-state index < -0.39 is 0 Å². The lowest BCUT2D eigenvalue weighted by Crippen LogP contribution is -2.37. The average molecular weight is 380 g/mol. The van der Waals surface area contributed by atoms with Gasteiger partial charge in [0.05, 0.1) is 31.3 Å². The van der Waals surface area contributed by atoms with Crippen molar-refractivity contribution in [2.75, 3.05) is 57.2 Å². The summed E-state index contributed by atoms with van der Waals surface area (Å²) in [4.78, 5) is 23.2. The molecule has 0 spiro atoms. The van der Waals surface area contributed by atoms with Crippen LogP contribution in [-0.2, 0) is 20.8 Å². The molecular weight excluding hydrogens is 356 g/mol. The molecule has 9 nitrogen and oxygen atoms in total. The molecule has 0 unspecified atom stereocenters. The summed E-state index contributed by atoms with van der Waals surface area (Å²) in [7, 11) is 1.50. The van der Waals surface area contributed by atoms with E-state index in [0.717, 1.165) is 40.9 Å². The van der Waals surface area contributed by atoms with Crippen LogP contribution in [0.4, 0.5) is 5.82 Å². The molecule has 3 heterocycles. The van der Waals surface area contributed by atoms with Crippen molar-refractivity contribution in [2.24, 2.45) is 0 Å². The normalized spacial score (nSPS) is 14.8. The fourth-order valence-electron chi connectivity index (χ4n) is 2.78. The highest BCUT2D eigenvalue weighted by molar-refractivity contribution is 7.99. The molecule has 1 aliphatic rings. The molecule has 0 atom stereocenters. The third-order valence-electron chi connectivity index (χ3n) is 3.96. The number of methoxy groups -OCH3 is 1. The molecular formula is C16H24N6O3S. The number of amides is 1. The number of anilines is 1. The second-order valence-electron chi connectivity index (χ2n) is 5.75. The van der Waals surface area contributed by atoms with Crippen molar-refractivity contribution in [1.29, 1.82) is 0 Å². The maximum absolute atomic E-state index is 11.5. The lowest BCUT2D eigenvalue weighted by molar-refractivity contribution is -0.124. The molecule has 2 aromatic heterocycles. The quantitative estimate of drug-likeness (QED) is 0.524. The molecule has 0 radical (unpaired) electrons. The van der Waals surface area contributed by atoms with E-state index in [1.807, 2.05) is 4.68 Å². The number of aromatic nitrogens is 4. The number of rotatable bonds is 8. The summed E-state index contributed by atoms with van der Waals surface area (Å²) in [6.07, 6.45) is 1.80. The minimum absolute atomic E-state index is 0.0560. The largest absolute Gasteiger partial charge is 0.378 e. The van der Waals surface area contributed by atoms with E-state index in [1.165, 1.54) is 7.11 Å². The Morgan fingerprint density at radius 2 is 2.19 bits per heavy atom. The van der Waals surface area contributed by atoms with Crippen LogP contribution in [-0.4, -0.2) is 78.0 Å². The number of thioether (sulfide) groups is 1. The second kappa shape index (κ2) is 9.15. The highest BCUT2D eigenvalue weighted by Crippen LogP contribution is 2.27. The number of nitrogens with zero attached hydrogens (tertiary/aromatic N) is 5. The number of carbonyl (C=O) groups excluding carboxylic acids is 1. The predicted molar refractivity (Wildman–Crippen MR) is 99.6 cm³/mol. The maximum Gasteiger partial charge on any atom is 0.246 e. The van der Waals surface area contributed by atoms with Gasteiger partial charge in [0, 0.05) is 26.7 Å². The van der Waals surface area contributed by atoms with Crippen molar-refractivity contribution in [3.05, 3.63) is 6.20 Å². The first-order valence-corrected chi connectivity index (χ1v) is 9.66. The standard InChI is InChI=1S/C16H24N6O3S/c1-3-26-16-19-14(21-6-8-25-9-7-21)12-10-18-22(15(12)20-16)5-4-17-13(23)11-24-2/h10H,3-9,11H2,1-2H3,(H,17,23). The minimum Gasteiger partial charge on any atom is -0.378 e. The maximum atomic E-state index is 11.5. The van der Waals surface area contributed by atoms with Crippen molar-refractivity contribution in [2.45, 2.75) is 18.6 Å². The van der Waals surface area contributed by atoms with Gasteiger partial charge in [-0.25, -0.2) is 14.6 Å². The molecule has 2 aromatic rings. The van der Waals surface area contributed by atoms with Crippen LogP contribution in [0.3, 0.4) is 0 Å². The highest BCUT2D eigenvalue weighted by atomic mass is 32.2. The minimum atomic E-state index is -0.144. The Morgan fingerprint density at radius 3 is 2.92 bits per heavy atom. The van der Waals surface area contributed by atoms with Crippen LogP contribution in [0.25, 0.3) is 11.0 Å². The molecule has 1 aliphatic heterocycles. The zero-order valence-electron chi connectivity index (χ0n) is 15.1. The summed E-state index contributed by atoms with van der Waals surface area (Å²) >= 11 is 1.61. The van der Waals surface area contributed by atoms with Gasteiger partial charge in [0.15, 0.2) is 10.8 Å². The Balaban J connectivity index is 1.83. The van der Waals surface area contributed by atoms with Gasteiger partial charge in [-0.2, -0.15) is 5.10 Å². The number of carbonyl (C=O) groups is 1. The number of nitrogens with one attached hydrogen (secondary N) is 1. The number of hydrogen-bond acceptors (Lipinski definition) is 8. The van der Waals surface area contributed by atoms with E-state index in [1.54, 1.807) is 18.0 Å². The second-order valence-corrected chi connectivity index (χ2v) is 6.98. The van der Waals surface area contributed by atoms with Crippen LogP contribution in [0.5, 0.6) is 0 Å². The van der Waals surface area contributed by atoms with E-state index in [-0.39, 0.29) is 12.5 Å². The third-order valence-corrected chi connectivity index (χ3v) is 4.69. The van der Waals surface area contributed by atoms with Crippen molar-refractivity contribution < 1.29 is 14.3 Å². The molecule has 0 aliphatic carbocycles. The lowest BCUT2D eigenvalue weighted by atomic mass is 10.3. The van der Waals surface area contributed by atoms with Crippen molar-refractivity contribution in [3.8, 4) is 0 Å². The van der Waals surface area contributed by atoms with Gasteiger partial charge < -0.3 is 19.7 Å². The Kier molecular flexibility index (Phi) is 6.64. The van der Waals surface area contributed by atoms with Gasteiger partial charge in [-0.1, -0.05) is 18.7 Å². The zero-order valence-corrected chi connectivity index (χ0v) is 15.9. The monoisotopic (exact) mass is 380 g/mol. The lowest BCUT2D eigenvalue weighted by Gasteiger charge is -2.28. The highest BCUT2D eigenvalue weighted by Gasteiger charge is 2.20. The van der Waals surface area contributed by atoms with E-state index in [4.69, 9.17) is 14.5 Å². The molecule has 1 saturated heterocycles. The van der Waals surface area contributed by atoms with Gasteiger partial charge in [-0.3, -0.25) is 4.79 Å². The Morgan fingerprint density at radius 1 is 1.38 bits per heavy atom. The molecule has 1 fully saturated rings. The molecule has 1 amide bonds. The third kappa shape index (κ3) is 4.43. The van der Waals surface area contributed by atoms with Gasteiger partial charge >= 0.3 is 0 Å². The summed E-state index contributed by atoms with van der Waals surface area (Å²) in [5.41, 5.74) is 0.790. The SMILES string of the molecule is CCSc1nc(N2CCOCC2)c2cnn(CCNC(=O)COC)c2n1. The molecule has 10 heteroatoms. The van der Waals surface area contributed by atoms with E-state index in [9.17, 15) is 4.79 Å². The number of ether oxygens (including phenoxy) is 2. The first-order chi connectivity index (χ1) is 12.7. The number of fused-ring (bicyclic) bond motifs is 1. The average Bonchev–Trinajstić information content (AvgIpc) is 3.05. The molecule has 0 bridgehead atoms. The number of morpholine rings is 1. The topological polar surface area (TPSA) is 94.4 Å². The van der Waals surface area contributed by atoms with Crippen molar-refractivity contribution in [1.82, 2.24) is 25.1 Å². The summed E-state index contributed by atoms with van der Waals surface area (Å²) in [6, 6.07) is 0. The zero-order chi connectivity index (χ0) is 18.4.